The van der Waals surface area contributed by atoms with Crippen molar-refractivity contribution in [1.29, 1.82) is 0 Å². The molecule has 1 aromatic rings. The summed E-state index contributed by atoms with van der Waals surface area (Å²) < 4.78 is 0. The number of rotatable bonds is 3. The molecule has 5 heteroatoms. The molecule has 6 fully saturated rings. The Hall–Kier alpha value is -1.33. The fourth-order valence-electron chi connectivity index (χ4n) is 7.79. The first kappa shape index (κ1) is 20.3. The first-order valence-electron chi connectivity index (χ1n) is 12.3. The molecule has 0 N–H and O–H groups in total. The van der Waals surface area contributed by atoms with Gasteiger partial charge in [-0.1, -0.05) is 18.2 Å². The molecule has 2 aliphatic heterocycles. The molecule has 4 aliphatic carbocycles. The standard InChI is InChI=1S/C26H35N3OS/c1-25(2)22(28-8-10-31-11-9-28)23(29(24(25)30)21-6-4-3-5-7-21)27-26-15-18-12-19(16-26)14-20(13-18)17-26/h3-7,18-20,22H,8-17H2,1-2H3/t18?,19?,20?,22-,26?/m0/s1. The van der Waals surface area contributed by atoms with Crippen molar-refractivity contribution in [3.63, 3.8) is 0 Å². The number of hydrogen-bond donors (Lipinski definition) is 0. The number of hydrogen-bond acceptors (Lipinski definition) is 4. The van der Waals surface area contributed by atoms with Crippen molar-refractivity contribution in [1.82, 2.24) is 4.90 Å². The van der Waals surface area contributed by atoms with Gasteiger partial charge in [0.1, 0.15) is 5.84 Å². The van der Waals surface area contributed by atoms with Crippen LogP contribution in [-0.4, -0.2) is 52.8 Å². The zero-order valence-corrected chi connectivity index (χ0v) is 19.7. The molecule has 1 aromatic carbocycles. The summed E-state index contributed by atoms with van der Waals surface area (Å²) in [5.74, 6) is 6.13. The summed E-state index contributed by atoms with van der Waals surface area (Å²) in [5, 5.41) is 0. The number of carbonyl (C=O) groups is 1. The first-order valence-corrected chi connectivity index (χ1v) is 13.4. The zero-order valence-electron chi connectivity index (χ0n) is 18.9. The van der Waals surface area contributed by atoms with Crippen LogP contribution in [-0.2, 0) is 4.79 Å². The molecule has 0 spiro atoms. The lowest BCUT2D eigenvalue weighted by molar-refractivity contribution is -0.125. The molecule has 0 radical (unpaired) electrons. The number of amides is 1. The van der Waals surface area contributed by atoms with Crippen LogP contribution in [0.2, 0.25) is 0 Å². The second-order valence-electron chi connectivity index (χ2n) is 11.4. The number of aliphatic imine (C=N–C) groups is 1. The first-order chi connectivity index (χ1) is 15.0. The summed E-state index contributed by atoms with van der Waals surface area (Å²) in [6.45, 7) is 6.41. The Morgan fingerprint density at radius 3 is 2.10 bits per heavy atom. The van der Waals surface area contributed by atoms with Gasteiger partial charge >= 0.3 is 0 Å². The van der Waals surface area contributed by atoms with E-state index in [0.717, 1.165) is 53.9 Å². The molecular formula is C26H35N3OS. The Morgan fingerprint density at radius 2 is 1.52 bits per heavy atom. The molecule has 0 aromatic heterocycles. The fourth-order valence-corrected chi connectivity index (χ4v) is 8.72. The van der Waals surface area contributed by atoms with E-state index in [-0.39, 0.29) is 17.5 Å². The second kappa shape index (κ2) is 7.34. The lowest BCUT2D eigenvalue weighted by Crippen LogP contribution is -2.54. The van der Waals surface area contributed by atoms with E-state index in [0.29, 0.717) is 0 Å². The molecule has 4 nitrogen and oxygen atoms in total. The quantitative estimate of drug-likeness (QED) is 0.679. The van der Waals surface area contributed by atoms with Crippen LogP contribution in [0.15, 0.2) is 35.3 Å². The number of nitrogens with zero attached hydrogens (tertiary/aromatic N) is 3. The molecule has 2 heterocycles. The summed E-state index contributed by atoms with van der Waals surface area (Å²) in [7, 11) is 0. The Bertz CT molecular complexity index is 854. The molecule has 1 amide bonds. The van der Waals surface area contributed by atoms with E-state index < -0.39 is 5.41 Å². The predicted molar refractivity (Wildman–Crippen MR) is 129 cm³/mol. The second-order valence-corrected chi connectivity index (χ2v) is 12.6. The normalized spacial score (nSPS) is 40.8. The fraction of sp³-hybridized carbons (Fsp3) is 0.692. The van der Waals surface area contributed by atoms with Crippen LogP contribution >= 0.6 is 11.8 Å². The van der Waals surface area contributed by atoms with Gasteiger partial charge in [0, 0.05) is 24.6 Å². The molecule has 31 heavy (non-hydrogen) atoms. The highest BCUT2D eigenvalue weighted by atomic mass is 32.2. The van der Waals surface area contributed by atoms with Crippen molar-refractivity contribution in [2.75, 3.05) is 29.5 Å². The Morgan fingerprint density at radius 1 is 0.935 bits per heavy atom. The molecule has 4 bridgehead atoms. The van der Waals surface area contributed by atoms with Crippen molar-refractivity contribution in [3.8, 4) is 0 Å². The number of amidine groups is 1. The highest BCUT2D eigenvalue weighted by Gasteiger charge is 2.57. The van der Waals surface area contributed by atoms with E-state index in [1.807, 2.05) is 34.9 Å². The van der Waals surface area contributed by atoms with Crippen molar-refractivity contribution in [2.24, 2.45) is 28.2 Å². The van der Waals surface area contributed by atoms with Crippen molar-refractivity contribution < 1.29 is 4.79 Å². The summed E-state index contributed by atoms with van der Waals surface area (Å²) in [6.07, 6.45) is 7.98. The number of benzene rings is 1. The summed E-state index contributed by atoms with van der Waals surface area (Å²) in [5.41, 5.74) is 0.595. The van der Waals surface area contributed by atoms with Crippen LogP contribution in [0.3, 0.4) is 0 Å². The Kier molecular flexibility index (Phi) is 4.81. The van der Waals surface area contributed by atoms with Crippen LogP contribution in [0.5, 0.6) is 0 Å². The molecular weight excluding hydrogens is 402 g/mol. The minimum Gasteiger partial charge on any atom is -0.291 e. The Labute approximate surface area is 190 Å². The number of para-hydroxylation sites is 1. The van der Waals surface area contributed by atoms with Gasteiger partial charge in [-0.25, -0.2) is 0 Å². The molecule has 1 atom stereocenters. The minimum absolute atomic E-state index is 0.0700. The number of thioether (sulfide) groups is 1. The van der Waals surface area contributed by atoms with Gasteiger partial charge in [-0.05, 0) is 82.3 Å². The summed E-state index contributed by atoms with van der Waals surface area (Å²) in [4.78, 5) is 24.2. The maximum atomic E-state index is 13.9. The van der Waals surface area contributed by atoms with E-state index >= 15 is 0 Å². The number of carbonyl (C=O) groups excluding carboxylic acids is 1. The molecule has 0 unspecified atom stereocenters. The zero-order chi connectivity index (χ0) is 21.2. The average molecular weight is 438 g/mol. The highest BCUT2D eigenvalue weighted by molar-refractivity contribution is 7.99. The van der Waals surface area contributed by atoms with Gasteiger partial charge in [-0.3, -0.25) is 19.6 Å². The molecule has 6 aliphatic rings. The van der Waals surface area contributed by atoms with Gasteiger partial charge < -0.3 is 0 Å². The van der Waals surface area contributed by atoms with Crippen LogP contribution < -0.4 is 4.90 Å². The third-order valence-electron chi connectivity index (χ3n) is 8.69. The molecule has 7 rings (SSSR count). The SMILES string of the molecule is CC1(C)C(=O)N(c2ccccc2)C(=NC23CC4CC(CC(C4)C2)C3)[C@@H]1N1CCSCC1. The van der Waals surface area contributed by atoms with Crippen LogP contribution in [0.25, 0.3) is 0 Å². The van der Waals surface area contributed by atoms with E-state index in [2.05, 4.69) is 30.9 Å². The monoisotopic (exact) mass is 437 g/mol. The highest BCUT2D eigenvalue weighted by Crippen LogP contribution is 2.58. The van der Waals surface area contributed by atoms with E-state index in [1.165, 1.54) is 38.5 Å². The maximum Gasteiger partial charge on any atom is 0.240 e. The van der Waals surface area contributed by atoms with Gasteiger partial charge in [0.2, 0.25) is 5.91 Å². The summed E-state index contributed by atoms with van der Waals surface area (Å²) in [6, 6.07) is 10.4. The van der Waals surface area contributed by atoms with Gasteiger partial charge in [0.15, 0.2) is 0 Å². The Balaban J connectivity index is 1.47. The van der Waals surface area contributed by atoms with Crippen molar-refractivity contribution >= 4 is 29.2 Å². The smallest absolute Gasteiger partial charge is 0.240 e. The van der Waals surface area contributed by atoms with Crippen LogP contribution in [0, 0.1) is 23.2 Å². The minimum atomic E-state index is -0.459. The van der Waals surface area contributed by atoms with Crippen LogP contribution in [0.1, 0.15) is 52.4 Å². The largest absolute Gasteiger partial charge is 0.291 e. The summed E-state index contributed by atoms with van der Waals surface area (Å²) >= 11 is 2.03. The number of anilines is 1. The maximum absolute atomic E-state index is 13.9. The molecule has 4 saturated carbocycles. The van der Waals surface area contributed by atoms with E-state index in [9.17, 15) is 4.79 Å². The molecule has 166 valence electrons. The molecule has 2 saturated heterocycles. The van der Waals surface area contributed by atoms with Crippen molar-refractivity contribution in [3.05, 3.63) is 30.3 Å². The lowest BCUT2D eigenvalue weighted by Gasteiger charge is -2.55. The van der Waals surface area contributed by atoms with Crippen molar-refractivity contribution in [2.45, 2.75) is 64.0 Å². The van der Waals surface area contributed by atoms with Gasteiger partial charge in [-0.2, -0.15) is 11.8 Å². The third-order valence-corrected chi connectivity index (χ3v) is 9.64. The third kappa shape index (κ3) is 3.30. The van der Waals surface area contributed by atoms with Gasteiger partial charge in [0.25, 0.3) is 0 Å². The van der Waals surface area contributed by atoms with Gasteiger partial charge in [-0.15, -0.1) is 0 Å². The topological polar surface area (TPSA) is 35.9 Å². The van der Waals surface area contributed by atoms with Crippen LogP contribution in [0.4, 0.5) is 5.69 Å². The lowest BCUT2D eigenvalue weighted by atomic mass is 9.53. The van der Waals surface area contributed by atoms with Gasteiger partial charge in [0.05, 0.1) is 22.7 Å². The van der Waals surface area contributed by atoms with E-state index in [1.54, 1.807) is 0 Å². The predicted octanol–water partition coefficient (Wildman–Crippen LogP) is 4.84. The average Bonchev–Trinajstić information content (AvgIpc) is 2.93. The van der Waals surface area contributed by atoms with E-state index in [4.69, 9.17) is 4.99 Å².